The lowest BCUT2D eigenvalue weighted by molar-refractivity contribution is -0.153. The number of carboxylic acids is 1. The maximum Gasteiger partial charge on any atom is 0.325 e. The van der Waals surface area contributed by atoms with Crippen molar-refractivity contribution in [3.05, 3.63) is 23.8 Å². The summed E-state index contributed by atoms with van der Waals surface area (Å²) in [5.74, 6) is -2.50. The molecule has 0 saturated heterocycles. The summed E-state index contributed by atoms with van der Waals surface area (Å²) < 4.78 is 11.5. The smallest absolute Gasteiger partial charge is 0.325 e. The normalized spacial score (nSPS) is 30.2. The van der Waals surface area contributed by atoms with Gasteiger partial charge in [-0.3, -0.25) is 38.9 Å². The summed E-state index contributed by atoms with van der Waals surface area (Å²) >= 11 is 3.15. The van der Waals surface area contributed by atoms with Crippen LogP contribution in [-0.2, 0) is 43.0 Å². The van der Waals surface area contributed by atoms with Gasteiger partial charge in [0.2, 0.25) is 11.8 Å². The summed E-state index contributed by atoms with van der Waals surface area (Å²) in [7, 11) is 0. The predicted molar refractivity (Wildman–Crippen MR) is 246 cm³/mol. The number of aliphatic carboxylic acids is 1. The van der Waals surface area contributed by atoms with Crippen molar-refractivity contribution in [2.45, 2.75) is 161 Å². The molecule has 2 amide bonds. The monoisotopic (exact) mass is 915 g/mol. The second kappa shape index (κ2) is 20.2. The van der Waals surface area contributed by atoms with Gasteiger partial charge >= 0.3 is 11.9 Å². The number of allylic oxidation sites excluding steroid dienone is 4. The Hall–Kier alpha value is -3.01. The second-order valence-electron chi connectivity index (χ2n) is 21.9. The number of hydrogen-bond acceptors (Lipinski definition) is 12. The van der Waals surface area contributed by atoms with Gasteiger partial charge in [-0.05, 0) is 114 Å². The molecule has 5 aliphatic rings. The fourth-order valence-electron chi connectivity index (χ4n) is 10.4. The highest BCUT2D eigenvalue weighted by Gasteiger charge is 2.62. The Labute approximate surface area is 383 Å². The number of carboxylic acid groups (broad SMARTS) is 1. The van der Waals surface area contributed by atoms with Crippen molar-refractivity contribution < 1.29 is 48.1 Å². The van der Waals surface area contributed by atoms with E-state index in [1.807, 2.05) is 47.6 Å². The number of carbonyl (C=O) groups is 7. The Balaban J connectivity index is 1.15. The number of amides is 2. The zero-order valence-electron chi connectivity index (χ0n) is 39.2. The summed E-state index contributed by atoms with van der Waals surface area (Å²) in [6.07, 6.45) is 10.7. The zero-order valence-corrected chi connectivity index (χ0v) is 40.8. The molecule has 0 spiro atoms. The van der Waals surface area contributed by atoms with Crippen LogP contribution >= 0.6 is 23.5 Å². The van der Waals surface area contributed by atoms with Crippen LogP contribution in [0.25, 0.3) is 0 Å². The minimum absolute atomic E-state index is 0.0412. The number of ketones is 3. The van der Waals surface area contributed by atoms with Crippen LogP contribution in [-0.4, -0.2) is 111 Å². The predicted octanol–water partition coefficient (Wildman–Crippen LogP) is 6.26. The fourth-order valence-corrected chi connectivity index (χ4v) is 13.6. The minimum Gasteiger partial charge on any atom is -0.480 e. The molecule has 0 aromatic rings. The number of Topliss-reactive ketones (excluding diaryl/α,β-unsaturated/α-hetero) is 2. The zero-order chi connectivity index (χ0) is 46.7. The molecule has 5 rings (SSSR count). The number of esters is 1. The molecule has 10 unspecified atom stereocenters. The number of rotatable bonds is 20. The van der Waals surface area contributed by atoms with Gasteiger partial charge in [-0.25, -0.2) is 0 Å². The molecule has 352 valence electrons. The third-order valence-corrected chi connectivity index (χ3v) is 17.1. The third kappa shape index (κ3) is 13.1. The van der Waals surface area contributed by atoms with E-state index in [9.17, 15) is 38.7 Å². The van der Waals surface area contributed by atoms with E-state index in [1.54, 1.807) is 35.7 Å². The van der Waals surface area contributed by atoms with Gasteiger partial charge in [0.05, 0.1) is 12.2 Å². The first-order valence-electron chi connectivity index (χ1n) is 22.8. The molecule has 13 nitrogen and oxygen atoms in total. The van der Waals surface area contributed by atoms with E-state index < -0.39 is 65.4 Å². The van der Waals surface area contributed by atoms with E-state index in [2.05, 4.69) is 43.6 Å². The first-order chi connectivity index (χ1) is 29.2. The van der Waals surface area contributed by atoms with Gasteiger partial charge in [-0.2, -0.15) is 23.5 Å². The number of nitrogens with one attached hydrogen (secondary N) is 3. The summed E-state index contributed by atoms with van der Waals surface area (Å²) in [4.78, 5) is 91.8. The second-order valence-corrected chi connectivity index (χ2v) is 24.5. The number of fused-ring (bicyclic) bond motifs is 5. The van der Waals surface area contributed by atoms with Crippen LogP contribution in [0.5, 0.6) is 0 Å². The lowest BCUT2D eigenvalue weighted by atomic mass is 9.47. The number of ether oxygens (including phenoxy) is 2. The molecule has 10 atom stereocenters. The van der Waals surface area contributed by atoms with Gasteiger partial charge in [0.15, 0.2) is 11.6 Å². The Bertz CT molecular complexity index is 1830. The summed E-state index contributed by atoms with van der Waals surface area (Å²) in [5, 5.41) is 18.8. The maximum atomic E-state index is 14.0. The molecule has 5 aliphatic carbocycles. The molecule has 0 heterocycles. The van der Waals surface area contributed by atoms with Crippen molar-refractivity contribution in [3.8, 4) is 0 Å². The van der Waals surface area contributed by atoms with Gasteiger partial charge in [0, 0.05) is 57.6 Å². The highest BCUT2D eigenvalue weighted by atomic mass is 32.2. The van der Waals surface area contributed by atoms with Crippen molar-refractivity contribution in [1.82, 2.24) is 16.0 Å². The van der Waals surface area contributed by atoms with Crippen LogP contribution in [0.2, 0.25) is 0 Å². The summed E-state index contributed by atoms with van der Waals surface area (Å²) in [5.41, 5.74) is -1.01. The summed E-state index contributed by atoms with van der Waals surface area (Å²) in [6, 6.07) is -1.67. The molecule has 4 fully saturated rings. The van der Waals surface area contributed by atoms with Crippen molar-refractivity contribution in [3.63, 3.8) is 0 Å². The van der Waals surface area contributed by atoms with E-state index >= 15 is 0 Å². The van der Waals surface area contributed by atoms with Crippen LogP contribution in [0.15, 0.2) is 23.8 Å². The van der Waals surface area contributed by atoms with E-state index in [-0.39, 0.29) is 81.1 Å². The Kier molecular flexibility index (Phi) is 16.4. The van der Waals surface area contributed by atoms with Crippen LogP contribution in [0, 0.1) is 39.9 Å². The number of thioether (sulfide) groups is 2. The molecule has 0 aromatic heterocycles. The quantitative estimate of drug-likeness (QED) is 0.100. The first kappa shape index (κ1) is 51.0. The van der Waals surface area contributed by atoms with Crippen molar-refractivity contribution in [1.29, 1.82) is 0 Å². The van der Waals surface area contributed by atoms with Crippen molar-refractivity contribution in [2.75, 3.05) is 31.3 Å². The average molecular weight is 916 g/mol. The summed E-state index contributed by atoms with van der Waals surface area (Å²) in [6.45, 7) is 19.5. The topological polar surface area (TPSA) is 194 Å². The average Bonchev–Trinajstić information content (AvgIpc) is 3.52. The molecular weight excluding hydrogens is 843 g/mol. The Morgan fingerprint density at radius 1 is 0.905 bits per heavy atom. The van der Waals surface area contributed by atoms with Crippen molar-refractivity contribution >= 4 is 64.6 Å². The largest absolute Gasteiger partial charge is 0.480 e. The lowest BCUT2D eigenvalue weighted by Crippen LogP contribution is -2.54. The molecule has 4 saturated carbocycles. The molecule has 0 bridgehead atoms. The van der Waals surface area contributed by atoms with Crippen LogP contribution in [0.3, 0.4) is 0 Å². The van der Waals surface area contributed by atoms with Crippen LogP contribution in [0.4, 0.5) is 0 Å². The third-order valence-electron chi connectivity index (χ3n) is 13.9. The maximum absolute atomic E-state index is 14.0. The standard InChI is InChI=1S/C48H73N3O10S2/c1-44(2,3)27-61-46(7,8)19-18-39(55)50-33(25-62-37-15-16-38(37)63-26-34(43(58)59)51-45(4,5)6)42(57)49-23-40(56)60-24-36(54)32-14-13-31-30-12-11-28-21-29(52)17-20-47(28,9)41(30)35(53)22-48(31,32)10/h17,20-21,30-34,37-38,41,51H,11-16,18-19,22-27H2,1-10H3,(H,49,57)(H,50,55)(H,58,59). The van der Waals surface area contributed by atoms with E-state index in [1.165, 1.54) is 0 Å². The van der Waals surface area contributed by atoms with E-state index in [0.717, 1.165) is 37.7 Å². The highest BCUT2D eigenvalue weighted by molar-refractivity contribution is 8.04. The molecule has 0 aliphatic heterocycles. The molecule has 4 N–H and O–H groups in total. The lowest BCUT2D eigenvalue weighted by Gasteiger charge is -2.55. The molecule has 15 heteroatoms. The fraction of sp³-hybridized carbons (Fsp3) is 0.771. The first-order valence-corrected chi connectivity index (χ1v) is 24.9. The number of carbonyl (C=O) groups excluding carboxylic acids is 6. The van der Waals surface area contributed by atoms with Crippen LogP contribution < -0.4 is 16.0 Å². The van der Waals surface area contributed by atoms with Gasteiger partial charge in [-0.1, -0.05) is 46.3 Å². The molecule has 0 aromatic carbocycles. The highest BCUT2D eigenvalue weighted by Crippen LogP contribution is 2.65. The molecule has 63 heavy (non-hydrogen) atoms. The van der Waals surface area contributed by atoms with E-state index in [4.69, 9.17) is 9.47 Å². The van der Waals surface area contributed by atoms with Gasteiger partial charge < -0.3 is 25.2 Å². The van der Waals surface area contributed by atoms with Gasteiger partial charge in [0.25, 0.3) is 0 Å². The molecular formula is C48H73N3O10S2. The Morgan fingerprint density at radius 2 is 1.56 bits per heavy atom. The SMILES string of the molecule is CC(C)(C)COC(C)(C)CCC(=O)NC(CSC1CCC1SCC(NC(C)(C)C)C(=O)O)C(=O)NCC(=O)OCC(=O)C1CCC2C3CCC4=CC(=O)C=CC4(C)C3C(=O)CC12C. The number of hydrogen-bond donors (Lipinski definition) is 4. The van der Waals surface area contributed by atoms with E-state index in [0.29, 0.717) is 25.2 Å². The van der Waals surface area contributed by atoms with Gasteiger partial charge in [-0.15, -0.1) is 0 Å². The minimum atomic E-state index is -0.961. The Morgan fingerprint density at radius 3 is 2.16 bits per heavy atom. The van der Waals surface area contributed by atoms with Crippen LogP contribution in [0.1, 0.15) is 127 Å². The van der Waals surface area contributed by atoms with Gasteiger partial charge in [0.1, 0.15) is 31.0 Å². The van der Waals surface area contributed by atoms with Crippen molar-refractivity contribution in [2.24, 2.45) is 39.9 Å². The molecule has 0 radical (unpaired) electrons.